The van der Waals surface area contributed by atoms with Gasteiger partial charge in [0.15, 0.2) is 0 Å². The molecule has 0 radical (unpaired) electrons. The quantitative estimate of drug-likeness (QED) is 0.758. The van der Waals surface area contributed by atoms with Crippen LogP contribution in [-0.4, -0.2) is 53.1 Å². The van der Waals surface area contributed by atoms with E-state index < -0.39 is 11.1 Å². The van der Waals surface area contributed by atoms with E-state index in [1.54, 1.807) is 4.90 Å². The number of carbonyl (C=O) groups is 1. The van der Waals surface area contributed by atoms with Crippen LogP contribution in [-0.2, 0) is 9.47 Å². The van der Waals surface area contributed by atoms with Gasteiger partial charge in [-0.3, -0.25) is 4.90 Å². The van der Waals surface area contributed by atoms with Crippen LogP contribution in [0.15, 0.2) is 0 Å². The highest BCUT2D eigenvalue weighted by Crippen LogP contribution is 2.27. The second-order valence-corrected chi connectivity index (χ2v) is 5.83. The molecule has 17 heavy (non-hydrogen) atoms. The molecule has 1 rings (SSSR count). The molecule has 1 aliphatic rings. The molecule has 0 aliphatic carbocycles. The Hall–Kier alpha value is -0.810. The van der Waals surface area contributed by atoms with Gasteiger partial charge in [0.05, 0.1) is 18.8 Å². The van der Waals surface area contributed by atoms with Crippen molar-refractivity contribution in [3.8, 4) is 0 Å². The number of rotatable bonds is 1. The first kappa shape index (κ1) is 14.3. The zero-order valence-corrected chi connectivity index (χ0v) is 11.3. The summed E-state index contributed by atoms with van der Waals surface area (Å²) >= 11 is 0. The highest BCUT2D eigenvalue weighted by molar-refractivity contribution is 5.69. The van der Waals surface area contributed by atoms with Gasteiger partial charge in [0.25, 0.3) is 0 Å². The molecular formula is C12H23NO4. The third kappa shape index (κ3) is 3.33. The Bertz CT molecular complexity index is 283. The first-order valence-corrected chi connectivity index (χ1v) is 5.91. The van der Waals surface area contributed by atoms with Crippen molar-refractivity contribution in [3.05, 3.63) is 0 Å². The van der Waals surface area contributed by atoms with Crippen molar-refractivity contribution < 1.29 is 19.4 Å². The van der Waals surface area contributed by atoms with Crippen LogP contribution in [0.4, 0.5) is 4.79 Å². The Balaban J connectivity index is 2.78. The summed E-state index contributed by atoms with van der Waals surface area (Å²) in [5.41, 5.74) is -1.07. The van der Waals surface area contributed by atoms with Crippen LogP contribution in [0.1, 0.15) is 34.6 Å². The lowest BCUT2D eigenvalue weighted by atomic mass is 9.94. The molecule has 1 heterocycles. The van der Waals surface area contributed by atoms with Gasteiger partial charge in [-0.1, -0.05) is 0 Å². The molecule has 0 spiro atoms. The Labute approximate surface area is 103 Å². The number of hydrogen-bond donors (Lipinski definition) is 1. The van der Waals surface area contributed by atoms with E-state index in [0.29, 0.717) is 13.2 Å². The molecular weight excluding hydrogens is 222 g/mol. The van der Waals surface area contributed by atoms with Gasteiger partial charge in [-0.2, -0.15) is 0 Å². The van der Waals surface area contributed by atoms with Crippen LogP contribution in [0.5, 0.6) is 0 Å². The molecule has 1 amide bonds. The maximum absolute atomic E-state index is 12.1. The summed E-state index contributed by atoms with van der Waals surface area (Å²) < 4.78 is 10.8. The van der Waals surface area contributed by atoms with Gasteiger partial charge in [0, 0.05) is 6.54 Å². The van der Waals surface area contributed by atoms with E-state index in [2.05, 4.69) is 0 Å². The molecule has 5 heteroatoms. The fraction of sp³-hybridized carbons (Fsp3) is 0.917. The molecule has 0 aromatic carbocycles. The topological polar surface area (TPSA) is 59.0 Å². The van der Waals surface area contributed by atoms with Crippen molar-refractivity contribution in [3.63, 3.8) is 0 Å². The number of ether oxygens (including phenoxy) is 2. The monoisotopic (exact) mass is 245 g/mol. The summed E-state index contributed by atoms with van der Waals surface area (Å²) in [7, 11) is 0. The average molecular weight is 245 g/mol. The van der Waals surface area contributed by atoms with Crippen LogP contribution >= 0.6 is 0 Å². The van der Waals surface area contributed by atoms with E-state index in [4.69, 9.17) is 9.47 Å². The molecule has 1 aliphatic heterocycles. The van der Waals surface area contributed by atoms with Crippen LogP contribution in [0.3, 0.4) is 0 Å². The van der Waals surface area contributed by atoms with Gasteiger partial charge in [-0.15, -0.1) is 0 Å². The zero-order chi connectivity index (χ0) is 13.3. The predicted molar refractivity (Wildman–Crippen MR) is 63.8 cm³/mol. The van der Waals surface area contributed by atoms with Crippen LogP contribution < -0.4 is 0 Å². The minimum Gasteiger partial charge on any atom is -0.444 e. The highest BCUT2D eigenvalue weighted by Gasteiger charge is 2.43. The second-order valence-electron chi connectivity index (χ2n) is 5.83. The van der Waals surface area contributed by atoms with Gasteiger partial charge in [-0.25, -0.2) is 4.79 Å². The number of aliphatic hydroxyl groups is 1. The zero-order valence-electron chi connectivity index (χ0n) is 11.3. The number of nitrogens with zero attached hydrogens (tertiary/aromatic N) is 1. The minimum absolute atomic E-state index is 0.105. The molecule has 0 aromatic heterocycles. The lowest BCUT2D eigenvalue weighted by Gasteiger charge is -2.46. The lowest BCUT2D eigenvalue weighted by molar-refractivity contribution is -0.125. The van der Waals surface area contributed by atoms with Crippen molar-refractivity contribution in [2.24, 2.45) is 0 Å². The van der Waals surface area contributed by atoms with E-state index in [9.17, 15) is 9.90 Å². The summed E-state index contributed by atoms with van der Waals surface area (Å²) in [4.78, 5) is 13.7. The van der Waals surface area contributed by atoms with E-state index in [-0.39, 0.29) is 18.8 Å². The maximum Gasteiger partial charge on any atom is 0.410 e. The Morgan fingerprint density at radius 3 is 2.59 bits per heavy atom. The number of hydrogen-bond acceptors (Lipinski definition) is 4. The van der Waals surface area contributed by atoms with Gasteiger partial charge in [0.2, 0.25) is 0 Å². The van der Waals surface area contributed by atoms with Crippen molar-refractivity contribution in [2.45, 2.75) is 51.9 Å². The van der Waals surface area contributed by atoms with Gasteiger partial charge >= 0.3 is 6.09 Å². The number of carbonyl (C=O) groups excluding carboxylic acids is 1. The third-order valence-electron chi connectivity index (χ3n) is 2.90. The smallest absolute Gasteiger partial charge is 0.410 e. The lowest BCUT2D eigenvalue weighted by Crippen LogP contribution is -2.62. The first-order chi connectivity index (χ1) is 7.68. The molecule has 0 bridgehead atoms. The third-order valence-corrected chi connectivity index (χ3v) is 2.90. The summed E-state index contributed by atoms with van der Waals surface area (Å²) in [6.07, 6.45) is -0.729. The normalized spacial score (nSPS) is 24.6. The molecule has 1 saturated heterocycles. The Morgan fingerprint density at radius 2 is 2.12 bits per heavy atom. The molecule has 5 nitrogen and oxygen atoms in total. The van der Waals surface area contributed by atoms with E-state index in [1.165, 1.54) is 0 Å². The fourth-order valence-corrected chi connectivity index (χ4v) is 1.87. The maximum atomic E-state index is 12.1. The molecule has 1 N–H and O–H groups in total. The average Bonchev–Trinajstić information content (AvgIpc) is 2.13. The molecule has 1 unspecified atom stereocenters. The van der Waals surface area contributed by atoms with Crippen molar-refractivity contribution in [2.75, 3.05) is 19.8 Å². The summed E-state index contributed by atoms with van der Waals surface area (Å²) in [6.45, 7) is 10.1. The molecule has 0 aromatic rings. The second kappa shape index (κ2) is 4.82. The highest BCUT2D eigenvalue weighted by atomic mass is 16.6. The van der Waals surface area contributed by atoms with Gasteiger partial charge < -0.3 is 14.6 Å². The van der Waals surface area contributed by atoms with Crippen molar-refractivity contribution in [1.82, 2.24) is 4.90 Å². The minimum atomic E-state index is -0.560. The molecule has 1 fully saturated rings. The predicted octanol–water partition coefficient (Wildman–Crippen LogP) is 1.39. The van der Waals surface area contributed by atoms with E-state index in [1.807, 2.05) is 34.6 Å². The van der Waals surface area contributed by atoms with E-state index in [0.717, 1.165) is 0 Å². The van der Waals surface area contributed by atoms with E-state index >= 15 is 0 Å². The first-order valence-electron chi connectivity index (χ1n) is 5.91. The van der Waals surface area contributed by atoms with Gasteiger partial charge in [-0.05, 0) is 34.6 Å². The van der Waals surface area contributed by atoms with Crippen molar-refractivity contribution in [1.29, 1.82) is 0 Å². The van der Waals surface area contributed by atoms with Crippen LogP contribution in [0.2, 0.25) is 0 Å². The SMILES string of the molecule is CC(C)(C)OC(=O)N1CCOC(CO)C1(C)C. The summed E-state index contributed by atoms with van der Waals surface area (Å²) in [5, 5.41) is 9.25. The number of morpholine rings is 1. The largest absolute Gasteiger partial charge is 0.444 e. The Morgan fingerprint density at radius 1 is 1.53 bits per heavy atom. The number of amides is 1. The van der Waals surface area contributed by atoms with Crippen LogP contribution in [0, 0.1) is 0 Å². The Kier molecular flexibility index (Phi) is 4.04. The van der Waals surface area contributed by atoms with Crippen LogP contribution in [0.25, 0.3) is 0 Å². The summed E-state index contributed by atoms with van der Waals surface area (Å²) in [5.74, 6) is 0. The molecule has 100 valence electrons. The van der Waals surface area contributed by atoms with Gasteiger partial charge in [0.1, 0.15) is 11.7 Å². The number of aliphatic hydroxyl groups excluding tert-OH is 1. The standard InChI is InChI=1S/C12H23NO4/c1-11(2,3)17-10(15)13-6-7-16-9(8-14)12(13,4)5/h9,14H,6-8H2,1-5H3. The summed E-state index contributed by atoms with van der Waals surface area (Å²) in [6, 6.07) is 0. The molecule has 0 saturated carbocycles. The van der Waals surface area contributed by atoms with Crippen molar-refractivity contribution >= 4 is 6.09 Å². The molecule has 1 atom stereocenters. The fourth-order valence-electron chi connectivity index (χ4n) is 1.87.